The van der Waals surface area contributed by atoms with Gasteiger partial charge in [0.15, 0.2) is 0 Å². The lowest BCUT2D eigenvalue weighted by molar-refractivity contribution is -0.384. The van der Waals surface area contributed by atoms with Crippen LogP contribution in [0.25, 0.3) is 6.08 Å². The number of benzene rings is 2. The number of barbiturate groups is 1. The van der Waals surface area contributed by atoms with Crippen molar-refractivity contribution >= 4 is 51.2 Å². The molecular weight excluding hydrogens is 406 g/mol. The molecule has 2 aromatic carbocycles. The highest BCUT2D eigenvalue weighted by Crippen LogP contribution is 2.25. The number of non-ortho nitro benzene ring substituents is 1. The molecule has 1 aliphatic rings. The molecule has 1 fully saturated rings. The quantitative estimate of drug-likeness (QED) is 0.358. The van der Waals surface area contributed by atoms with Crippen molar-refractivity contribution in [2.45, 2.75) is 0 Å². The monoisotopic (exact) mass is 415 g/mol. The molecule has 1 saturated heterocycles. The number of rotatable bonds is 3. The van der Waals surface area contributed by atoms with Gasteiger partial charge in [-0.15, -0.1) is 0 Å². The summed E-state index contributed by atoms with van der Waals surface area (Å²) in [5.74, 6) is -1.68. The van der Waals surface area contributed by atoms with E-state index < -0.39 is 22.8 Å². The van der Waals surface area contributed by atoms with Crippen LogP contribution in [-0.2, 0) is 9.59 Å². The molecule has 1 aliphatic heterocycles. The second-order valence-corrected chi connectivity index (χ2v) is 6.21. The van der Waals surface area contributed by atoms with Crippen LogP contribution in [0.1, 0.15) is 5.56 Å². The summed E-state index contributed by atoms with van der Waals surface area (Å²) in [5, 5.41) is 13.0. The van der Waals surface area contributed by atoms with Gasteiger partial charge in [0.25, 0.3) is 17.5 Å². The molecule has 0 saturated carbocycles. The lowest BCUT2D eigenvalue weighted by atomic mass is 10.1. The van der Waals surface area contributed by atoms with Crippen LogP contribution in [-0.4, -0.2) is 22.8 Å². The smallest absolute Gasteiger partial charge is 0.273 e. The number of nitrogens with zero attached hydrogens (tertiary/aromatic N) is 2. The minimum Gasteiger partial charge on any atom is -0.273 e. The van der Waals surface area contributed by atoms with Crippen LogP contribution in [0.5, 0.6) is 0 Å². The molecule has 0 atom stereocenters. The van der Waals surface area contributed by atoms with Gasteiger partial charge >= 0.3 is 6.03 Å². The second kappa shape index (κ2) is 6.89. The van der Waals surface area contributed by atoms with E-state index in [9.17, 15) is 24.5 Å². The van der Waals surface area contributed by atoms with Crippen LogP contribution < -0.4 is 10.2 Å². The number of carbonyl (C=O) groups is 3. The first-order valence-corrected chi connectivity index (χ1v) is 8.07. The third-order valence-corrected chi connectivity index (χ3v) is 4.05. The molecule has 8 nitrogen and oxygen atoms in total. The third-order valence-electron chi connectivity index (χ3n) is 3.56. The number of amides is 4. The zero-order chi connectivity index (χ0) is 18.8. The Balaban J connectivity index is 2.03. The summed E-state index contributed by atoms with van der Waals surface area (Å²) < 4.78 is 0.650. The average molecular weight is 416 g/mol. The zero-order valence-corrected chi connectivity index (χ0v) is 14.6. The number of hydrogen-bond acceptors (Lipinski definition) is 5. The Morgan fingerprint density at radius 3 is 2.50 bits per heavy atom. The summed E-state index contributed by atoms with van der Waals surface area (Å²) in [7, 11) is 0. The van der Waals surface area contributed by atoms with Gasteiger partial charge in [0.05, 0.1) is 10.6 Å². The van der Waals surface area contributed by atoms with E-state index in [2.05, 4.69) is 21.2 Å². The van der Waals surface area contributed by atoms with Crippen molar-refractivity contribution in [2.75, 3.05) is 4.90 Å². The molecular formula is C17H10BrN3O5. The highest BCUT2D eigenvalue weighted by Gasteiger charge is 2.36. The van der Waals surface area contributed by atoms with E-state index in [1.54, 1.807) is 24.3 Å². The number of nitrogens with one attached hydrogen (secondary N) is 1. The summed E-state index contributed by atoms with van der Waals surface area (Å²) >= 11 is 3.26. The van der Waals surface area contributed by atoms with Crippen molar-refractivity contribution in [1.29, 1.82) is 0 Å². The maximum Gasteiger partial charge on any atom is 0.335 e. The first-order valence-electron chi connectivity index (χ1n) is 7.28. The van der Waals surface area contributed by atoms with E-state index in [0.717, 1.165) is 4.90 Å². The van der Waals surface area contributed by atoms with Gasteiger partial charge in [-0.05, 0) is 29.8 Å². The molecule has 0 radical (unpaired) electrons. The average Bonchev–Trinajstić information content (AvgIpc) is 2.59. The second-order valence-electron chi connectivity index (χ2n) is 5.29. The number of anilines is 1. The summed E-state index contributed by atoms with van der Waals surface area (Å²) in [5.41, 5.74) is 0.0913. The summed E-state index contributed by atoms with van der Waals surface area (Å²) in [6.07, 6.45) is 1.21. The molecule has 0 aromatic heterocycles. The third kappa shape index (κ3) is 3.38. The SMILES string of the molecule is O=C1NC(=O)N(c2cccc(Br)c2)C(=O)/C1=C/c1cccc([N+](=O)[O-])c1. The summed E-state index contributed by atoms with van der Waals surface area (Å²) in [6.45, 7) is 0. The van der Waals surface area contributed by atoms with Crippen molar-refractivity contribution in [2.24, 2.45) is 0 Å². The maximum atomic E-state index is 12.7. The fourth-order valence-corrected chi connectivity index (χ4v) is 2.79. The Hall–Kier alpha value is -3.33. The normalized spacial score (nSPS) is 16.0. The summed E-state index contributed by atoms with van der Waals surface area (Å²) in [4.78, 5) is 48.0. The molecule has 0 bridgehead atoms. The van der Waals surface area contributed by atoms with E-state index in [0.29, 0.717) is 10.0 Å². The molecule has 0 spiro atoms. The Labute approximate surface area is 155 Å². The van der Waals surface area contributed by atoms with Crippen molar-refractivity contribution < 1.29 is 19.3 Å². The van der Waals surface area contributed by atoms with E-state index in [4.69, 9.17) is 0 Å². The van der Waals surface area contributed by atoms with Gasteiger partial charge in [-0.1, -0.05) is 34.1 Å². The standard InChI is InChI=1S/C17H10BrN3O5/c18-11-4-2-5-12(9-11)20-16(23)14(15(22)19-17(20)24)8-10-3-1-6-13(7-10)21(25)26/h1-9H,(H,19,22,24)/b14-8+. The summed E-state index contributed by atoms with van der Waals surface area (Å²) in [6, 6.07) is 11.1. The van der Waals surface area contributed by atoms with Crippen LogP contribution in [0, 0.1) is 10.1 Å². The van der Waals surface area contributed by atoms with E-state index >= 15 is 0 Å². The maximum absolute atomic E-state index is 12.7. The molecule has 3 rings (SSSR count). The Bertz CT molecular complexity index is 986. The molecule has 1 N–H and O–H groups in total. The number of hydrogen-bond donors (Lipinski definition) is 1. The van der Waals surface area contributed by atoms with Crippen molar-refractivity contribution in [3.63, 3.8) is 0 Å². The lowest BCUT2D eigenvalue weighted by Crippen LogP contribution is -2.54. The van der Waals surface area contributed by atoms with Crippen LogP contribution in [0.15, 0.2) is 58.6 Å². The highest BCUT2D eigenvalue weighted by atomic mass is 79.9. The van der Waals surface area contributed by atoms with Gasteiger partial charge in [0, 0.05) is 16.6 Å². The number of nitro groups is 1. The topological polar surface area (TPSA) is 110 Å². The van der Waals surface area contributed by atoms with Crippen LogP contribution >= 0.6 is 15.9 Å². The Morgan fingerprint density at radius 1 is 1.08 bits per heavy atom. The minimum atomic E-state index is -0.866. The highest BCUT2D eigenvalue weighted by molar-refractivity contribution is 9.10. The first kappa shape index (κ1) is 17.5. The molecule has 9 heteroatoms. The van der Waals surface area contributed by atoms with Gasteiger partial charge < -0.3 is 0 Å². The molecule has 130 valence electrons. The van der Waals surface area contributed by atoms with Crippen LogP contribution in [0.3, 0.4) is 0 Å². The predicted molar refractivity (Wildman–Crippen MR) is 96.2 cm³/mol. The largest absolute Gasteiger partial charge is 0.335 e. The van der Waals surface area contributed by atoms with Crippen LogP contribution in [0.2, 0.25) is 0 Å². The van der Waals surface area contributed by atoms with E-state index in [-0.39, 0.29) is 16.9 Å². The van der Waals surface area contributed by atoms with Crippen molar-refractivity contribution in [3.8, 4) is 0 Å². The van der Waals surface area contributed by atoms with Gasteiger partial charge in [-0.3, -0.25) is 25.0 Å². The number of nitro benzene ring substituents is 1. The lowest BCUT2D eigenvalue weighted by Gasteiger charge is -2.26. The van der Waals surface area contributed by atoms with Gasteiger partial charge in [0.2, 0.25) is 0 Å². The number of halogens is 1. The molecule has 4 amide bonds. The Morgan fingerprint density at radius 2 is 1.81 bits per heavy atom. The zero-order valence-electron chi connectivity index (χ0n) is 13.0. The first-order chi connectivity index (χ1) is 12.4. The molecule has 26 heavy (non-hydrogen) atoms. The van der Waals surface area contributed by atoms with Crippen LogP contribution in [0.4, 0.5) is 16.2 Å². The fourth-order valence-electron chi connectivity index (χ4n) is 2.40. The number of imide groups is 2. The van der Waals surface area contributed by atoms with E-state index in [1.807, 2.05) is 0 Å². The van der Waals surface area contributed by atoms with Crippen molar-refractivity contribution in [1.82, 2.24) is 5.32 Å². The van der Waals surface area contributed by atoms with Gasteiger partial charge in [0.1, 0.15) is 5.57 Å². The Kier molecular flexibility index (Phi) is 4.63. The van der Waals surface area contributed by atoms with E-state index in [1.165, 1.54) is 30.3 Å². The fraction of sp³-hybridized carbons (Fsp3) is 0. The van der Waals surface area contributed by atoms with Crippen molar-refractivity contribution in [3.05, 3.63) is 74.3 Å². The molecule has 0 unspecified atom stereocenters. The minimum absolute atomic E-state index is 0.178. The number of carbonyl (C=O) groups excluding carboxylic acids is 3. The number of urea groups is 1. The van der Waals surface area contributed by atoms with Gasteiger partial charge in [-0.25, -0.2) is 9.69 Å². The molecule has 1 heterocycles. The predicted octanol–water partition coefficient (Wildman–Crippen LogP) is 3.02. The van der Waals surface area contributed by atoms with Gasteiger partial charge in [-0.2, -0.15) is 0 Å². The molecule has 0 aliphatic carbocycles. The molecule has 2 aromatic rings.